The maximum atomic E-state index is 12.4. The summed E-state index contributed by atoms with van der Waals surface area (Å²) in [5, 5.41) is 0. The van der Waals surface area contributed by atoms with Crippen LogP contribution in [0.25, 0.3) is 0 Å². The Morgan fingerprint density at radius 2 is 2.08 bits per heavy atom. The number of hydrogen-bond acceptors (Lipinski definition) is 4. The van der Waals surface area contributed by atoms with Gasteiger partial charge in [-0.2, -0.15) is 0 Å². The predicted molar refractivity (Wildman–Crippen MR) is 98.7 cm³/mol. The summed E-state index contributed by atoms with van der Waals surface area (Å²) in [7, 11) is 0. The number of piperidine rings is 1. The Bertz CT molecular complexity index is 494. The first kappa shape index (κ1) is 19.6. The molecule has 3 aliphatic rings. The Balaban J connectivity index is 1.39. The lowest BCUT2D eigenvalue weighted by molar-refractivity contribution is -0.140. The van der Waals surface area contributed by atoms with E-state index >= 15 is 0 Å². The van der Waals surface area contributed by atoms with Crippen molar-refractivity contribution < 1.29 is 19.1 Å². The minimum absolute atomic E-state index is 0.0685. The molecule has 3 saturated heterocycles. The maximum absolute atomic E-state index is 12.4. The molecule has 26 heavy (non-hydrogen) atoms. The molecule has 3 aliphatic heterocycles. The van der Waals surface area contributed by atoms with E-state index in [0.717, 1.165) is 58.5 Å². The topological polar surface area (TPSA) is 59.1 Å². The lowest BCUT2D eigenvalue weighted by atomic mass is 9.77. The average Bonchev–Trinajstić information content (AvgIpc) is 2.90. The van der Waals surface area contributed by atoms with Crippen LogP contribution in [0.4, 0.5) is 0 Å². The summed E-state index contributed by atoms with van der Waals surface area (Å²) >= 11 is 0. The van der Waals surface area contributed by atoms with Gasteiger partial charge in [-0.3, -0.25) is 9.59 Å². The molecule has 0 saturated carbocycles. The summed E-state index contributed by atoms with van der Waals surface area (Å²) in [6, 6.07) is 0. The molecule has 3 heterocycles. The summed E-state index contributed by atoms with van der Waals surface area (Å²) in [4.78, 5) is 28.6. The van der Waals surface area contributed by atoms with Crippen LogP contribution < -0.4 is 0 Å². The zero-order valence-corrected chi connectivity index (χ0v) is 16.4. The van der Waals surface area contributed by atoms with E-state index in [1.54, 1.807) is 0 Å². The van der Waals surface area contributed by atoms with Crippen molar-refractivity contribution in [1.82, 2.24) is 9.80 Å². The Hall–Kier alpha value is -1.14. The van der Waals surface area contributed by atoms with Crippen molar-refractivity contribution in [3.8, 4) is 0 Å². The summed E-state index contributed by atoms with van der Waals surface area (Å²) < 4.78 is 11.2. The number of amides is 2. The SMILES string of the molecule is CC(C)CN1CC2(CCN(C(=O)COC[C@H]3CCCCO3)CC2)CC1=O. The van der Waals surface area contributed by atoms with Crippen molar-refractivity contribution in [2.75, 3.05) is 46.0 Å². The van der Waals surface area contributed by atoms with Gasteiger partial charge in [0.15, 0.2) is 0 Å². The molecule has 0 N–H and O–H groups in total. The highest BCUT2D eigenvalue weighted by Gasteiger charge is 2.45. The molecule has 2 amide bonds. The van der Waals surface area contributed by atoms with Crippen molar-refractivity contribution in [3.63, 3.8) is 0 Å². The van der Waals surface area contributed by atoms with Gasteiger partial charge >= 0.3 is 0 Å². The first-order valence-corrected chi connectivity index (χ1v) is 10.2. The fraction of sp³-hybridized carbons (Fsp3) is 0.900. The van der Waals surface area contributed by atoms with Crippen LogP contribution in [0.15, 0.2) is 0 Å². The first-order chi connectivity index (χ1) is 12.5. The van der Waals surface area contributed by atoms with Gasteiger partial charge in [-0.05, 0) is 38.0 Å². The van der Waals surface area contributed by atoms with E-state index in [-0.39, 0.29) is 29.9 Å². The zero-order valence-electron chi connectivity index (χ0n) is 16.4. The minimum atomic E-state index is 0.0685. The molecule has 1 atom stereocenters. The Morgan fingerprint density at radius 1 is 1.31 bits per heavy atom. The van der Waals surface area contributed by atoms with Crippen LogP contribution in [0.3, 0.4) is 0 Å². The van der Waals surface area contributed by atoms with E-state index in [2.05, 4.69) is 13.8 Å². The molecule has 0 aromatic carbocycles. The van der Waals surface area contributed by atoms with Gasteiger partial charge < -0.3 is 19.3 Å². The quantitative estimate of drug-likeness (QED) is 0.722. The van der Waals surface area contributed by atoms with E-state index in [0.29, 0.717) is 18.9 Å². The van der Waals surface area contributed by atoms with E-state index in [9.17, 15) is 9.59 Å². The van der Waals surface area contributed by atoms with Crippen molar-refractivity contribution in [2.45, 2.75) is 58.5 Å². The van der Waals surface area contributed by atoms with Gasteiger partial charge in [-0.25, -0.2) is 0 Å². The predicted octanol–water partition coefficient (Wildman–Crippen LogP) is 2.07. The van der Waals surface area contributed by atoms with Crippen LogP contribution >= 0.6 is 0 Å². The smallest absolute Gasteiger partial charge is 0.248 e. The van der Waals surface area contributed by atoms with Gasteiger partial charge in [0.2, 0.25) is 11.8 Å². The first-order valence-electron chi connectivity index (χ1n) is 10.2. The standard InChI is InChI=1S/C20H34N2O4/c1-16(2)12-22-15-20(11-18(22)23)6-8-21(9-7-20)19(24)14-25-13-17-5-3-4-10-26-17/h16-17H,3-15H2,1-2H3/t17-/m1/s1. The molecular weight excluding hydrogens is 332 g/mol. The highest BCUT2D eigenvalue weighted by atomic mass is 16.5. The van der Waals surface area contributed by atoms with E-state index in [1.807, 2.05) is 9.80 Å². The third kappa shape index (κ3) is 4.97. The summed E-state index contributed by atoms with van der Waals surface area (Å²) in [6.07, 6.45) is 5.98. The Labute approximate surface area is 157 Å². The minimum Gasteiger partial charge on any atom is -0.376 e. The fourth-order valence-corrected chi connectivity index (χ4v) is 4.46. The number of likely N-dealkylation sites (tertiary alicyclic amines) is 2. The zero-order chi connectivity index (χ0) is 18.6. The Kier molecular flexibility index (Phi) is 6.56. The van der Waals surface area contributed by atoms with Crippen molar-refractivity contribution >= 4 is 11.8 Å². The second-order valence-electron chi connectivity index (χ2n) is 8.73. The average molecular weight is 367 g/mol. The molecule has 0 aromatic heterocycles. The van der Waals surface area contributed by atoms with Crippen LogP contribution in [0.2, 0.25) is 0 Å². The van der Waals surface area contributed by atoms with Gasteiger partial charge in [-0.1, -0.05) is 13.8 Å². The fourth-order valence-electron chi connectivity index (χ4n) is 4.46. The van der Waals surface area contributed by atoms with E-state index in [4.69, 9.17) is 9.47 Å². The Morgan fingerprint density at radius 3 is 2.73 bits per heavy atom. The summed E-state index contributed by atoms with van der Waals surface area (Å²) in [6.45, 7) is 8.96. The molecule has 3 fully saturated rings. The molecular formula is C20H34N2O4. The van der Waals surface area contributed by atoms with E-state index in [1.165, 1.54) is 6.42 Å². The van der Waals surface area contributed by atoms with Crippen LogP contribution in [-0.4, -0.2) is 73.7 Å². The lowest BCUT2D eigenvalue weighted by Gasteiger charge is -2.39. The highest BCUT2D eigenvalue weighted by Crippen LogP contribution is 2.41. The van der Waals surface area contributed by atoms with Gasteiger partial charge in [0, 0.05) is 44.6 Å². The van der Waals surface area contributed by atoms with Gasteiger partial charge in [0.25, 0.3) is 0 Å². The summed E-state index contributed by atoms with van der Waals surface area (Å²) in [5.74, 6) is 0.856. The number of hydrogen-bond donors (Lipinski definition) is 0. The molecule has 0 bridgehead atoms. The molecule has 0 unspecified atom stereocenters. The van der Waals surface area contributed by atoms with Crippen LogP contribution in [0, 0.1) is 11.3 Å². The van der Waals surface area contributed by atoms with Crippen LogP contribution in [0.1, 0.15) is 52.4 Å². The molecule has 0 aliphatic carbocycles. The molecule has 1 spiro atoms. The van der Waals surface area contributed by atoms with Gasteiger partial charge in [-0.15, -0.1) is 0 Å². The highest BCUT2D eigenvalue weighted by molar-refractivity contribution is 5.80. The normalized spacial score (nSPS) is 26.1. The molecule has 6 nitrogen and oxygen atoms in total. The number of carbonyl (C=O) groups excluding carboxylic acids is 2. The largest absolute Gasteiger partial charge is 0.376 e. The monoisotopic (exact) mass is 366 g/mol. The molecule has 3 rings (SSSR count). The van der Waals surface area contributed by atoms with Gasteiger partial charge in [0.1, 0.15) is 6.61 Å². The number of carbonyl (C=O) groups is 2. The molecule has 148 valence electrons. The number of nitrogens with zero attached hydrogens (tertiary/aromatic N) is 2. The second kappa shape index (κ2) is 8.70. The van der Waals surface area contributed by atoms with E-state index < -0.39 is 0 Å². The molecule has 6 heteroatoms. The van der Waals surface area contributed by atoms with Crippen molar-refractivity contribution in [2.24, 2.45) is 11.3 Å². The third-order valence-electron chi connectivity index (χ3n) is 5.97. The summed E-state index contributed by atoms with van der Waals surface area (Å²) in [5.41, 5.74) is 0.0829. The van der Waals surface area contributed by atoms with Gasteiger partial charge in [0.05, 0.1) is 12.7 Å². The third-order valence-corrected chi connectivity index (χ3v) is 5.97. The van der Waals surface area contributed by atoms with Crippen molar-refractivity contribution in [3.05, 3.63) is 0 Å². The molecule has 0 aromatic rings. The van der Waals surface area contributed by atoms with Crippen LogP contribution in [-0.2, 0) is 19.1 Å². The lowest BCUT2D eigenvalue weighted by Crippen LogP contribution is -2.45. The van der Waals surface area contributed by atoms with Crippen molar-refractivity contribution in [1.29, 1.82) is 0 Å². The second-order valence-corrected chi connectivity index (χ2v) is 8.73. The van der Waals surface area contributed by atoms with Crippen LogP contribution in [0.5, 0.6) is 0 Å². The maximum Gasteiger partial charge on any atom is 0.248 e. The molecule has 0 radical (unpaired) electrons. The number of rotatable bonds is 6. The number of ether oxygens (including phenoxy) is 2.